The van der Waals surface area contributed by atoms with Crippen molar-refractivity contribution in [1.29, 1.82) is 0 Å². The molecule has 92 valence electrons. The Morgan fingerprint density at radius 1 is 1.47 bits per heavy atom. The van der Waals surface area contributed by atoms with Gasteiger partial charge in [0.15, 0.2) is 0 Å². The van der Waals surface area contributed by atoms with E-state index in [1.54, 1.807) is 11.3 Å². The van der Waals surface area contributed by atoms with Crippen LogP contribution in [0.15, 0.2) is 17.5 Å². The average molecular weight is 251 g/mol. The molecule has 4 heteroatoms. The third kappa shape index (κ3) is 2.46. The molecule has 0 aliphatic heterocycles. The van der Waals surface area contributed by atoms with E-state index in [1.807, 2.05) is 17.5 Å². The Morgan fingerprint density at radius 3 is 3.06 bits per heavy atom. The molecular formula is C13H17NO2S. The van der Waals surface area contributed by atoms with Crippen molar-refractivity contribution in [3.8, 4) is 0 Å². The van der Waals surface area contributed by atoms with Crippen LogP contribution in [0, 0.1) is 11.8 Å². The molecule has 1 aromatic rings. The lowest BCUT2D eigenvalue weighted by Crippen LogP contribution is -2.31. The second kappa shape index (κ2) is 4.69. The molecule has 0 saturated heterocycles. The first-order chi connectivity index (χ1) is 8.31. The maximum absolute atomic E-state index is 11.6. The number of fused-ring (bicyclic) bond motifs is 2. The number of hydrogen-bond acceptors (Lipinski definition) is 3. The largest absolute Gasteiger partial charge is 0.446 e. The van der Waals surface area contributed by atoms with Crippen LogP contribution >= 0.6 is 11.3 Å². The first-order valence-corrected chi connectivity index (χ1v) is 7.16. The summed E-state index contributed by atoms with van der Waals surface area (Å²) < 4.78 is 5.50. The summed E-state index contributed by atoms with van der Waals surface area (Å²) in [5, 5.41) is 4.83. The second-order valence-electron chi connectivity index (χ2n) is 5.05. The number of carbonyl (C=O) groups excluding carboxylic acids is 1. The van der Waals surface area contributed by atoms with E-state index < -0.39 is 0 Å². The lowest BCUT2D eigenvalue weighted by molar-refractivity contribution is 0.0647. The van der Waals surface area contributed by atoms with E-state index in [2.05, 4.69) is 5.32 Å². The van der Waals surface area contributed by atoms with Crippen LogP contribution in [0.25, 0.3) is 0 Å². The van der Waals surface area contributed by atoms with E-state index in [0.717, 1.165) is 17.2 Å². The molecule has 0 radical (unpaired) electrons. The Balaban J connectivity index is 1.44. The molecule has 2 bridgehead atoms. The quantitative estimate of drug-likeness (QED) is 0.896. The molecule has 2 aliphatic carbocycles. The van der Waals surface area contributed by atoms with Crippen molar-refractivity contribution in [2.24, 2.45) is 11.8 Å². The fourth-order valence-corrected chi connectivity index (χ4v) is 3.73. The molecule has 3 nitrogen and oxygen atoms in total. The molecular weight excluding hydrogens is 234 g/mol. The van der Waals surface area contributed by atoms with Crippen molar-refractivity contribution in [3.63, 3.8) is 0 Å². The van der Waals surface area contributed by atoms with Crippen LogP contribution in [-0.2, 0) is 11.3 Å². The zero-order valence-electron chi connectivity index (χ0n) is 9.72. The van der Waals surface area contributed by atoms with Gasteiger partial charge in [0.2, 0.25) is 0 Å². The van der Waals surface area contributed by atoms with Crippen LogP contribution in [0.2, 0.25) is 0 Å². The van der Waals surface area contributed by atoms with Crippen LogP contribution in [-0.4, -0.2) is 12.2 Å². The van der Waals surface area contributed by atoms with Gasteiger partial charge in [0.1, 0.15) is 6.10 Å². The van der Waals surface area contributed by atoms with E-state index in [0.29, 0.717) is 12.5 Å². The van der Waals surface area contributed by atoms with Gasteiger partial charge in [-0.1, -0.05) is 6.07 Å². The average Bonchev–Trinajstić information content (AvgIpc) is 3.03. The van der Waals surface area contributed by atoms with Crippen LogP contribution < -0.4 is 5.32 Å². The summed E-state index contributed by atoms with van der Waals surface area (Å²) in [7, 11) is 0. The van der Waals surface area contributed by atoms with Crippen molar-refractivity contribution in [3.05, 3.63) is 22.4 Å². The normalized spacial score (nSPS) is 30.5. The van der Waals surface area contributed by atoms with Gasteiger partial charge >= 0.3 is 6.09 Å². The third-order valence-corrected chi connectivity index (χ3v) is 4.80. The molecule has 1 heterocycles. The van der Waals surface area contributed by atoms with E-state index in [-0.39, 0.29) is 12.2 Å². The highest BCUT2D eigenvalue weighted by atomic mass is 32.1. The van der Waals surface area contributed by atoms with Gasteiger partial charge < -0.3 is 10.1 Å². The summed E-state index contributed by atoms with van der Waals surface area (Å²) in [6, 6.07) is 4.01. The van der Waals surface area contributed by atoms with Gasteiger partial charge in [-0.25, -0.2) is 4.79 Å². The molecule has 0 unspecified atom stereocenters. The van der Waals surface area contributed by atoms with Gasteiger partial charge in [0.25, 0.3) is 0 Å². The van der Waals surface area contributed by atoms with E-state index >= 15 is 0 Å². The minimum Gasteiger partial charge on any atom is -0.446 e. The third-order valence-electron chi connectivity index (χ3n) is 3.92. The molecule has 0 spiro atoms. The Morgan fingerprint density at radius 2 is 2.41 bits per heavy atom. The van der Waals surface area contributed by atoms with Crippen LogP contribution in [0.1, 0.15) is 30.6 Å². The fourth-order valence-electron chi connectivity index (χ4n) is 3.08. The van der Waals surface area contributed by atoms with E-state index in [1.165, 1.54) is 19.3 Å². The molecule has 2 fully saturated rings. The summed E-state index contributed by atoms with van der Waals surface area (Å²) in [6.07, 6.45) is 4.85. The molecule has 1 aromatic heterocycles. The first-order valence-electron chi connectivity index (χ1n) is 6.28. The fraction of sp³-hybridized carbons (Fsp3) is 0.615. The van der Waals surface area contributed by atoms with Crippen molar-refractivity contribution >= 4 is 17.4 Å². The molecule has 2 aliphatic rings. The van der Waals surface area contributed by atoms with Crippen LogP contribution in [0.5, 0.6) is 0 Å². The number of ether oxygens (including phenoxy) is 1. The van der Waals surface area contributed by atoms with Gasteiger partial charge in [-0.05, 0) is 49.0 Å². The van der Waals surface area contributed by atoms with Crippen molar-refractivity contribution in [2.75, 3.05) is 0 Å². The highest BCUT2D eigenvalue weighted by Gasteiger charge is 2.41. The molecule has 3 atom stereocenters. The summed E-state index contributed by atoms with van der Waals surface area (Å²) in [6.45, 7) is 0.581. The maximum atomic E-state index is 11.6. The predicted octanol–water partition coefficient (Wildman–Crippen LogP) is 3.16. The Bertz CT molecular complexity index is 390. The number of hydrogen-bond donors (Lipinski definition) is 1. The van der Waals surface area contributed by atoms with Gasteiger partial charge in [-0.2, -0.15) is 0 Å². The molecule has 1 amide bonds. The zero-order valence-corrected chi connectivity index (χ0v) is 10.5. The zero-order chi connectivity index (χ0) is 11.7. The SMILES string of the molecule is O=C(NCc1cccs1)O[C@@H]1C[C@H]2CC[C@@H]1C2. The van der Waals surface area contributed by atoms with Gasteiger partial charge in [0, 0.05) is 4.88 Å². The standard InChI is InChI=1S/C13H17NO2S/c15-13(14-8-11-2-1-5-17-11)16-12-7-9-3-4-10(12)6-9/h1-2,5,9-10,12H,3-4,6-8H2,(H,14,15)/t9-,10+,12+/m0/s1. The minimum absolute atomic E-state index is 0.178. The Kier molecular flexibility index (Phi) is 3.05. The second-order valence-corrected chi connectivity index (χ2v) is 6.08. The minimum atomic E-state index is -0.254. The topological polar surface area (TPSA) is 38.3 Å². The molecule has 2 saturated carbocycles. The summed E-state index contributed by atoms with van der Waals surface area (Å²) in [5.41, 5.74) is 0. The van der Waals surface area contributed by atoms with Crippen LogP contribution in [0.4, 0.5) is 4.79 Å². The highest BCUT2D eigenvalue weighted by molar-refractivity contribution is 7.09. The molecule has 0 aromatic carbocycles. The van der Waals surface area contributed by atoms with Crippen molar-refractivity contribution < 1.29 is 9.53 Å². The molecule has 3 rings (SSSR count). The monoisotopic (exact) mass is 251 g/mol. The van der Waals surface area contributed by atoms with Gasteiger partial charge in [-0.3, -0.25) is 0 Å². The predicted molar refractivity (Wildman–Crippen MR) is 66.9 cm³/mol. The summed E-state index contributed by atoms with van der Waals surface area (Å²) in [5.74, 6) is 1.45. The van der Waals surface area contributed by atoms with Gasteiger partial charge in [0.05, 0.1) is 6.54 Å². The number of alkyl carbamates (subject to hydrolysis) is 1. The van der Waals surface area contributed by atoms with E-state index in [9.17, 15) is 4.79 Å². The number of rotatable bonds is 3. The first kappa shape index (κ1) is 11.1. The van der Waals surface area contributed by atoms with Crippen molar-refractivity contribution in [1.82, 2.24) is 5.32 Å². The van der Waals surface area contributed by atoms with Gasteiger partial charge in [-0.15, -0.1) is 11.3 Å². The highest BCUT2D eigenvalue weighted by Crippen LogP contribution is 2.45. The lowest BCUT2D eigenvalue weighted by atomic mass is 9.98. The number of nitrogens with one attached hydrogen (secondary N) is 1. The van der Waals surface area contributed by atoms with E-state index in [4.69, 9.17) is 4.74 Å². The number of thiophene rings is 1. The van der Waals surface area contributed by atoms with Crippen molar-refractivity contribution in [2.45, 2.75) is 38.3 Å². The molecule has 1 N–H and O–H groups in total. The maximum Gasteiger partial charge on any atom is 0.407 e. The summed E-state index contributed by atoms with van der Waals surface area (Å²) >= 11 is 1.65. The molecule has 17 heavy (non-hydrogen) atoms. The number of carbonyl (C=O) groups is 1. The summed E-state index contributed by atoms with van der Waals surface area (Å²) in [4.78, 5) is 12.8. The Hall–Kier alpha value is -1.03. The van der Waals surface area contributed by atoms with Crippen LogP contribution in [0.3, 0.4) is 0 Å². The Labute approximate surface area is 105 Å². The smallest absolute Gasteiger partial charge is 0.407 e. The number of amides is 1. The lowest BCUT2D eigenvalue weighted by Gasteiger charge is -2.21.